The van der Waals surface area contributed by atoms with E-state index in [1.54, 1.807) is 0 Å². The largest absolute Gasteiger partial charge is 0.371 e. The first-order valence-corrected chi connectivity index (χ1v) is 7.01. The minimum absolute atomic E-state index is 0.448. The molecular formula is C15H25N3. The maximum atomic E-state index is 4.43. The maximum Gasteiger partial charge on any atom is 0.0562 e. The monoisotopic (exact) mass is 247 g/mol. The standard InChI is InChI=1S/C15H25N3/c1-4-7-16-11-13-10-14(5-8-17-13)18-9-6-15(2,3)12-18/h5,8,10,16H,4,6-7,9,11-12H2,1-3H3. The third-order valence-corrected chi connectivity index (χ3v) is 3.58. The molecule has 3 nitrogen and oxygen atoms in total. The van der Waals surface area contributed by atoms with Crippen LogP contribution in [0.4, 0.5) is 5.69 Å². The lowest BCUT2D eigenvalue weighted by molar-refractivity contribution is 0.418. The second kappa shape index (κ2) is 5.70. The zero-order valence-corrected chi connectivity index (χ0v) is 11.9. The molecule has 0 spiro atoms. The van der Waals surface area contributed by atoms with Gasteiger partial charge in [-0.15, -0.1) is 0 Å². The van der Waals surface area contributed by atoms with Crippen molar-refractivity contribution in [3.63, 3.8) is 0 Å². The molecule has 0 bridgehead atoms. The van der Waals surface area contributed by atoms with Gasteiger partial charge in [0.2, 0.25) is 0 Å². The smallest absolute Gasteiger partial charge is 0.0562 e. The van der Waals surface area contributed by atoms with Crippen molar-refractivity contribution in [3.05, 3.63) is 24.0 Å². The molecule has 1 fully saturated rings. The molecule has 1 aromatic rings. The van der Waals surface area contributed by atoms with Crippen LogP contribution in [0.3, 0.4) is 0 Å². The molecule has 1 aliphatic heterocycles. The molecule has 18 heavy (non-hydrogen) atoms. The van der Waals surface area contributed by atoms with Crippen LogP contribution in [0.2, 0.25) is 0 Å². The predicted octanol–water partition coefficient (Wildman–Crippen LogP) is 2.82. The van der Waals surface area contributed by atoms with E-state index in [-0.39, 0.29) is 0 Å². The van der Waals surface area contributed by atoms with E-state index in [1.807, 2.05) is 6.20 Å². The van der Waals surface area contributed by atoms with Crippen LogP contribution in [-0.4, -0.2) is 24.6 Å². The Morgan fingerprint density at radius 1 is 1.44 bits per heavy atom. The van der Waals surface area contributed by atoms with Crippen LogP contribution in [0.5, 0.6) is 0 Å². The molecule has 0 saturated carbocycles. The average molecular weight is 247 g/mol. The molecule has 0 aliphatic carbocycles. The predicted molar refractivity (Wildman–Crippen MR) is 76.8 cm³/mol. The van der Waals surface area contributed by atoms with Gasteiger partial charge in [0.05, 0.1) is 5.69 Å². The van der Waals surface area contributed by atoms with Crippen LogP contribution < -0.4 is 10.2 Å². The number of anilines is 1. The number of aromatic nitrogens is 1. The van der Waals surface area contributed by atoms with Crippen LogP contribution in [-0.2, 0) is 6.54 Å². The fourth-order valence-electron chi connectivity index (χ4n) is 2.48. The van der Waals surface area contributed by atoms with Crippen LogP contribution in [0.1, 0.15) is 39.3 Å². The molecule has 0 atom stereocenters. The van der Waals surface area contributed by atoms with Crippen molar-refractivity contribution in [2.24, 2.45) is 5.41 Å². The van der Waals surface area contributed by atoms with Crippen molar-refractivity contribution in [3.8, 4) is 0 Å². The van der Waals surface area contributed by atoms with Gasteiger partial charge >= 0.3 is 0 Å². The molecule has 3 heteroatoms. The zero-order valence-electron chi connectivity index (χ0n) is 11.9. The summed E-state index contributed by atoms with van der Waals surface area (Å²) in [6.07, 6.45) is 4.38. The van der Waals surface area contributed by atoms with E-state index in [0.29, 0.717) is 5.41 Å². The Hall–Kier alpha value is -1.09. The number of hydrogen-bond donors (Lipinski definition) is 1. The first kappa shape index (κ1) is 13.3. The van der Waals surface area contributed by atoms with Gasteiger partial charge in [0.25, 0.3) is 0 Å². The third-order valence-electron chi connectivity index (χ3n) is 3.58. The molecule has 1 aromatic heterocycles. The zero-order chi connectivity index (χ0) is 13.0. The highest BCUT2D eigenvalue weighted by atomic mass is 15.2. The van der Waals surface area contributed by atoms with Crippen molar-refractivity contribution < 1.29 is 0 Å². The number of nitrogens with zero attached hydrogens (tertiary/aromatic N) is 2. The highest BCUT2D eigenvalue weighted by Gasteiger charge is 2.29. The van der Waals surface area contributed by atoms with E-state index in [4.69, 9.17) is 0 Å². The number of nitrogens with one attached hydrogen (secondary N) is 1. The van der Waals surface area contributed by atoms with Gasteiger partial charge < -0.3 is 10.2 Å². The molecule has 1 aliphatic rings. The summed E-state index contributed by atoms with van der Waals surface area (Å²) in [6.45, 7) is 11.1. The first-order chi connectivity index (χ1) is 8.61. The number of pyridine rings is 1. The van der Waals surface area contributed by atoms with Crippen molar-refractivity contribution in [1.29, 1.82) is 0 Å². The van der Waals surface area contributed by atoms with Crippen molar-refractivity contribution in [1.82, 2.24) is 10.3 Å². The van der Waals surface area contributed by atoms with Crippen molar-refractivity contribution >= 4 is 5.69 Å². The van der Waals surface area contributed by atoms with E-state index in [2.05, 4.69) is 48.1 Å². The fourth-order valence-corrected chi connectivity index (χ4v) is 2.48. The van der Waals surface area contributed by atoms with E-state index < -0.39 is 0 Å². The summed E-state index contributed by atoms with van der Waals surface area (Å²) in [5, 5.41) is 3.40. The second-order valence-electron chi connectivity index (χ2n) is 6.02. The molecule has 0 unspecified atom stereocenters. The van der Waals surface area contributed by atoms with Crippen LogP contribution in [0.25, 0.3) is 0 Å². The lowest BCUT2D eigenvalue weighted by Crippen LogP contribution is -2.23. The van der Waals surface area contributed by atoms with Crippen LogP contribution in [0, 0.1) is 5.41 Å². The van der Waals surface area contributed by atoms with E-state index >= 15 is 0 Å². The molecule has 2 rings (SSSR count). The highest BCUT2D eigenvalue weighted by Crippen LogP contribution is 2.32. The minimum atomic E-state index is 0.448. The molecule has 0 aromatic carbocycles. The Bertz CT molecular complexity index is 387. The van der Waals surface area contributed by atoms with Gasteiger partial charge in [-0.1, -0.05) is 20.8 Å². The summed E-state index contributed by atoms with van der Waals surface area (Å²) in [4.78, 5) is 6.91. The first-order valence-electron chi connectivity index (χ1n) is 7.01. The lowest BCUT2D eigenvalue weighted by atomic mass is 9.93. The summed E-state index contributed by atoms with van der Waals surface area (Å²) in [6, 6.07) is 4.36. The summed E-state index contributed by atoms with van der Waals surface area (Å²) in [7, 11) is 0. The second-order valence-corrected chi connectivity index (χ2v) is 6.02. The topological polar surface area (TPSA) is 28.2 Å². The summed E-state index contributed by atoms with van der Waals surface area (Å²) < 4.78 is 0. The highest BCUT2D eigenvalue weighted by molar-refractivity contribution is 5.47. The summed E-state index contributed by atoms with van der Waals surface area (Å²) >= 11 is 0. The van der Waals surface area contributed by atoms with Gasteiger partial charge in [-0.3, -0.25) is 4.98 Å². The fraction of sp³-hybridized carbons (Fsp3) is 0.667. The third kappa shape index (κ3) is 3.45. The molecule has 1 N–H and O–H groups in total. The summed E-state index contributed by atoms with van der Waals surface area (Å²) in [5.41, 5.74) is 2.92. The van der Waals surface area contributed by atoms with Gasteiger partial charge in [-0.2, -0.15) is 0 Å². The van der Waals surface area contributed by atoms with Crippen LogP contribution in [0.15, 0.2) is 18.3 Å². The van der Waals surface area contributed by atoms with Gasteiger partial charge in [0, 0.05) is 31.5 Å². The Balaban J connectivity index is 1.99. The normalized spacial score (nSPS) is 18.3. The molecule has 0 radical (unpaired) electrons. The molecule has 0 amide bonds. The molecular weight excluding hydrogens is 222 g/mol. The van der Waals surface area contributed by atoms with E-state index in [0.717, 1.165) is 25.3 Å². The quantitative estimate of drug-likeness (QED) is 0.811. The minimum Gasteiger partial charge on any atom is -0.371 e. The van der Waals surface area contributed by atoms with Gasteiger partial charge in [-0.25, -0.2) is 0 Å². The Morgan fingerprint density at radius 2 is 2.28 bits per heavy atom. The number of rotatable bonds is 5. The Labute approximate surface area is 111 Å². The van der Waals surface area contributed by atoms with Crippen molar-refractivity contribution in [2.45, 2.75) is 40.2 Å². The molecule has 2 heterocycles. The Kier molecular flexibility index (Phi) is 4.23. The van der Waals surface area contributed by atoms with Gasteiger partial charge in [0.1, 0.15) is 0 Å². The summed E-state index contributed by atoms with van der Waals surface area (Å²) in [5.74, 6) is 0. The number of hydrogen-bond acceptors (Lipinski definition) is 3. The molecule has 1 saturated heterocycles. The average Bonchev–Trinajstić information content (AvgIpc) is 2.71. The lowest BCUT2D eigenvalue weighted by Gasteiger charge is -2.22. The maximum absolute atomic E-state index is 4.43. The van der Waals surface area contributed by atoms with Crippen molar-refractivity contribution in [2.75, 3.05) is 24.5 Å². The van der Waals surface area contributed by atoms with Crippen LogP contribution >= 0.6 is 0 Å². The SMILES string of the molecule is CCCNCc1cc(N2CCC(C)(C)C2)ccn1. The van der Waals surface area contributed by atoms with E-state index in [9.17, 15) is 0 Å². The van der Waals surface area contributed by atoms with Gasteiger partial charge in [-0.05, 0) is 36.9 Å². The Morgan fingerprint density at radius 3 is 2.94 bits per heavy atom. The van der Waals surface area contributed by atoms with Gasteiger partial charge in [0.15, 0.2) is 0 Å². The van der Waals surface area contributed by atoms with E-state index in [1.165, 1.54) is 25.1 Å². The molecule has 100 valence electrons.